The van der Waals surface area contributed by atoms with Crippen LogP contribution >= 0.6 is 0 Å². The van der Waals surface area contributed by atoms with Crippen LogP contribution in [0.2, 0.25) is 0 Å². The van der Waals surface area contributed by atoms with E-state index in [1.807, 2.05) is 91.0 Å². The molecule has 2 heteroatoms. The van der Waals surface area contributed by atoms with Crippen molar-refractivity contribution in [1.82, 2.24) is 9.13 Å². The van der Waals surface area contributed by atoms with Crippen molar-refractivity contribution in [2.45, 2.75) is 5.41 Å². The van der Waals surface area contributed by atoms with E-state index in [0.717, 1.165) is 72.0 Å². The van der Waals surface area contributed by atoms with Crippen LogP contribution in [0.25, 0.3) is 88.4 Å². The lowest BCUT2D eigenvalue weighted by Crippen LogP contribution is -2.28. The quantitative estimate of drug-likeness (QED) is 0.158. The lowest BCUT2D eigenvalue weighted by atomic mass is 9.67. The Morgan fingerprint density at radius 1 is 0.333 bits per heavy atom. The van der Waals surface area contributed by atoms with Gasteiger partial charge in [0.2, 0.25) is 0 Å². The van der Waals surface area contributed by atoms with Crippen LogP contribution in [0.5, 0.6) is 0 Å². The summed E-state index contributed by atoms with van der Waals surface area (Å²) in [4.78, 5) is 0. The number of rotatable bonds is 6. The van der Waals surface area contributed by atoms with Crippen LogP contribution < -0.4 is 0 Å². The van der Waals surface area contributed by atoms with Crippen molar-refractivity contribution >= 4 is 43.6 Å². The van der Waals surface area contributed by atoms with E-state index < -0.39 is 17.5 Å². The normalized spacial score (nSPS) is 14.4. The van der Waals surface area contributed by atoms with Crippen molar-refractivity contribution in [3.63, 3.8) is 0 Å². The van der Waals surface area contributed by atoms with Crippen LogP contribution in [0.3, 0.4) is 0 Å². The Hall–Kier alpha value is -8.20. The van der Waals surface area contributed by atoms with Gasteiger partial charge >= 0.3 is 0 Å². The molecular formula is C61H40N2. The molecule has 0 fully saturated rings. The molecule has 2 aromatic heterocycles. The van der Waals surface area contributed by atoms with Crippen LogP contribution in [-0.4, -0.2) is 9.13 Å². The molecule has 0 saturated heterocycles. The number of benzene rings is 10. The highest BCUT2D eigenvalue weighted by atomic mass is 15.0. The number of hydrogen-bond acceptors (Lipinski definition) is 0. The number of hydrogen-bond donors (Lipinski definition) is 0. The summed E-state index contributed by atoms with van der Waals surface area (Å²) in [6, 6.07) is 66.1. The van der Waals surface area contributed by atoms with E-state index >= 15 is 0 Å². The summed E-state index contributed by atoms with van der Waals surface area (Å²) in [5, 5.41) is 2.22. The summed E-state index contributed by atoms with van der Waals surface area (Å²) in [5.41, 5.74) is 12.3. The average Bonchev–Trinajstić information content (AvgIpc) is 4.05. The van der Waals surface area contributed by atoms with Gasteiger partial charge in [0.15, 0.2) is 0 Å². The van der Waals surface area contributed by atoms with Gasteiger partial charge in [0, 0.05) is 32.9 Å². The first kappa shape index (κ1) is 29.1. The van der Waals surface area contributed by atoms with Gasteiger partial charge in [-0.15, -0.1) is 0 Å². The summed E-state index contributed by atoms with van der Waals surface area (Å²) in [6.45, 7) is 0. The Balaban J connectivity index is 1.09. The second kappa shape index (κ2) is 13.9. The molecule has 2 heterocycles. The molecule has 0 N–H and O–H groups in total. The van der Waals surface area contributed by atoms with Crippen LogP contribution in [0.1, 0.15) is 31.8 Å². The van der Waals surface area contributed by atoms with Gasteiger partial charge in [-0.3, -0.25) is 0 Å². The highest BCUT2D eigenvalue weighted by Gasteiger charge is 2.46. The fraction of sp³-hybridized carbons (Fsp3) is 0.0164. The predicted molar refractivity (Wildman–Crippen MR) is 263 cm³/mol. The van der Waals surface area contributed by atoms with Crippen LogP contribution in [0.15, 0.2) is 242 Å². The number of fused-ring (bicyclic) bond motifs is 9. The Morgan fingerprint density at radius 3 is 1.57 bits per heavy atom. The molecule has 0 aliphatic heterocycles. The standard InChI is InChI=1S/C61H40N2/c1-4-17-41(18-5-1)42-31-34-59-53(37-42)54-39-44(33-36-60(54)62(59)47-22-8-3-9-23-47)43-32-35-58-52(38-43)51-27-12-15-30-57(51)63(58)48-24-16-21-46(40-48)61(45-19-6-2-7-20-45)55-28-13-10-25-49(55)50-26-11-14-29-56(50)61/h1-40H/i12D,15D,27D,30D,32D,35D,38D. The minimum absolute atomic E-state index is 0.0866. The average molecular weight is 808 g/mol. The Kier molecular flexibility index (Phi) is 6.43. The summed E-state index contributed by atoms with van der Waals surface area (Å²) in [5.74, 6) is 0. The number of para-hydroxylation sites is 2. The van der Waals surface area contributed by atoms with Crippen molar-refractivity contribution in [3.05, 3.63) is 265 Å². The summed E-state index contributed by atoms with van der Waals surface area (Å²) >= 11 is 0. The molecule has 10 aromatic carbocycles. The Labute approximate surface area is 376 Å². The van der Waals surface area contributed by atoms with Gasteiger partial charge in [-0.05, 0) is 122 Å². The van der Waals surface area contributed by atoms with Gasteiger partial charge in [-0.25, -0.2) is 0 Å². The van der Waals surface area contributed by atoms with Gasteiger partial charge in [0.05, 0.1) is 37.1 Å². The number of aromatic nitrogens is 2. The lowest BCUT2D eigenvalue weighted by molar-refractivity contribution is 0.767. The zero-order valence-electron chi connectivity index (χ0n) is 40.9. The molecule has 0 atom stereocenters. The molecule has 2 nitrogen and oxygen atoms in total. The molecule has 294 valence electrons. The third-order valence-electron chi connectivity index (χ3n) is 13.0. The van der Waals surface area contributed by atoms with Crippen LogP contribution in [-0.2, 0) is 5.41 Å². The van der Waals surface area contributed by atoms with E-state index in [0.29, 0.717) is 11.3 Å². The van der Waals surface area contributed by atoms with E-state index in [1.165, 1.54) is 0 Å². The van der Waals surface area contributed by atoms with Gasteiger partial charge in [0.25, 0.3) is 0 Å². The van der Waals surface area contributed by atoms with Gasteiger partial charge in [0.1, 0.15) is 0 Å². The summed E-state index contributed by atoms with van der Waals surface area (Å²) in [7, 11) is 0. The zero-order chi connectivity index (χ0) is 47.6. The zero-order valence-corrected chi connectivity index (χ0v) is 33.9. The van der Waals surface area contributed by atoms with Crippen molar-refractivity contribution in [2.24, 2.45) is 0 Å². The second-order valence-electron chi connectivity index (χ2n) is 16.3. The molecule has 12 aromatic rings. The molecular weight excluding hydrogens is 761 g/mol. The van der Waals surface area contributed by atoms with Gasteiger partial charge < -0.3 is 9.13 Å². The van der Waals surface area contributed by atoms with Gasteiger partial charge in [-0.1, -0.05) is 176 Å². The molecule has 1 aliphatic rings. The highest BCUT2D eigenvalue weighted by Crippen LogP contribution is 2.56. The third kappa shape index (κ3) is 5.25. The van der Waals surface area contributed by atoms with E-state index in [9.17, 15) is 6.85 Å². The molecule has 0 unspecified atom stereocenters. The summed E-state index contributed by atoms with van der Waals surface area (Å²) in [6.07, 6.45) is 0. The molecule has 0 radical (unpaired) electrons. The molecule has 13 rings (SSSR count). The fourth-order valence-electron chi connectivity index (χ4n) is 10.4. The maximum absolute atomic E-state index is 10.1. The molecule has 0 amide bonds. The molecule has 0 saturated carbocycles. The predicted octanol–water partition coefficient (Wildman–Crippen LogP) is 15.6. The minimum Gasteiger partial charge on any atom is -0.309 e. The Bertz CT molecular complexity index is 4100. The first-order valence-electron chi connectivity index (χ1n) is 24.8. The smallest absolute Gasteiger partial charge is 0.0714 e. The number of nitrogens with zero attached hydrogens (tertiary/aromatic N) is 2. The molecule has 1 aliphatic carbocycles. The van der Waals surface area contributed by atoms with Crippen LogP contribution in [0.4, 0.5) is 0 Å². The second-order valence-corrected chi connectivity index (χ2v) is 16.3. The van der Waals surface area contributed by atoms with E-state index in [4.69, 9.17) is 2.74 Å². The van der Waals surface area contributed by atoms with Crippen LogP contribution in [0, 0.1) is 0 Å². The fourth-order valence-corrected chi connectivity index (χ4v) is 10.4. The van der Waals surface area contributed by atoms with Crippen molar-refractivity contribution in [3.8, 4) is 44.8 Å². The van der Waals surface area contributed by atoms with Crippen molar-refractivity contribution in [2.75, 3.05) is 0 Å². The minimum atomic E-state index is -0.773. The van der Waals surface area contributed by atoms with E-state index in [1.54, 1.807) is 4.57 Å². The van der Waals surface area contributed by atoms with Gasteiger partial charge in [-0.2, -0.15) is 0 Å². The highest BCUT2D eigenvalue weighted by molar-refractivity contribution is 6.13. The molecule has 0 spiro atoms. The van der Waals surface area contributed by atoms with E-state index in [-0.39, 0.29) is 57.6 Å². The summed E-state index contributed by atoms with van der Waals surface area (Å²) < 4.78 is 70.6. The monoisotopic (exact) mass is 807 g/mol. The SMILES string of the molecule is [2H]c1c([2H])c([2H])c2c(c1[2H])c1c([2H])c(-c3ccc4c(c3)c3cc(-c5ccccc5)ccc3n4-c3ccccc3)c([2H])c([2H])c1n2-c1cccc(C2(c3ccccc3)c3ccccc3-c3ccccc32)c1. The molecule has 63 heavy (non-hydrogen) atoms. The third-order valence-corrected chi connectivity index (χ3v) is 13.0. The lowest BCUT2D eigenvalue weighted by Gasteiger charge is -2.34. The Morgan fingerprint density at radius 2 is 0.873 bits per heavy atom. The molecule has 0 bridgehead atoms. The first-order chi connectivity index (χ1) is 34.2. The van der Waals surface area contributed by atoms with Crippen molar-refractivity contribution in [1.29, 1.82) is 0 Å². The largest absolute Gasteiger partial charge is 0.309 e. The maximum Gasteiger partial charge on any atom is 0.0714 e. The van der Waals surface area contributed by atoms with Crippen molar-refractivity contribution < 1.29 is 9.60 Å². The topological polar surface area (TPSA) is 9.86 Å². The van der Waals surface area contributed by atoms with E-state index in [2.05, 4.69) is 114 Å². The first-order valence-corrected chi connectivity index (χ1v) is 21.3. The maximum atomic E-state index is 10.1.